The number of alkyl halides is 1. The molecule has 0 heterocycles. The molecule has 0 bridgehead atoms. The quantitative estimate of drug-likeness (QED) is 0.252. The van der Waals surface area contributed by atoms with Gasteiger partial charge in [-0.1, -0.05) is 18.2 Å². The van der Waals surface area contributed by atoms with Gasteiger partial charge in [0.25, 0.3) is 0 Å². The Balaban J connectivity index is 2.47. The zero-order chi connectivity index (χ0) is 13.4. The molecule has 0 aliphatic rings. The van der Waals surface area contributed by atoms with E-state index < -0.39 is 0 Å². The maximum absolute atomic E-state index is 11.6. The predicted molar refractivity (Wildman–Crippen MR) is 75.3 cm³/mol. The SMILES string of the molecule is Cc1cccc(C)c1NC(=O)NC=NNCCCl. The van der Waals surface area contributed by atoms with E-state index in [2.05, 4.69) is 21.2 Å². The summed E-state index contributed by atoms with van der Waals surface area (Å²) in [6, 6.07) is 5.51. The molecular weight excluding hydrogens is 252 g/mol. The standard InChI is InChI=1S/C12H17ClN4O/c1-9-4-3-5-10(2)11(9)17-12(18)14-8-16-15-7-6-13/h3-5,8,15H,6-7H2,1-2H3,(H2,14,16,17,18). The van der Waals surface area contributed by atoms with E-state index in [1.54, 1.807) is 0 Å². The van der Waals surface area contributed by atoms with E-state index in [4.69, 9.17) is 11.6 Å². The maximum atomic E-state index is 11.6. The maximum Gasteiger partial charge on any atom is 0.324 e. The number of anilines is 1. The molecule has 2 amide bonds. The average molecular weight is 269 g/mol. The van der Waals surface area contributed by atoms with Crippen molar-refractivity contribution in [2.75, 3.05) is 17.7 Å². The van der Waals surface area contributed by atoms with Crippen molar-refractivity contribution in [3.8, 4) is 0 Å². The molecular formula is C12H17ClN4O. The number of aryl methyl sites for hydroxylation is 2. The molecule has 3 N–H and O–H groups in total. The number of halogens is 1. The Morgan fingerprint density at radius 1 is 1.39 bits per heavy atom. The van der Waals surface area contributed by atoms with Crippen molar-refractivity contribution >= 4 is 29.7 Å². The number of hydrogen-bond acceptors (Lipinski definition) is 3. The molecule has 6 heteroatoms. The van der Waals surface area contributed by atoms with Gasteiger partial charge in [-0.2, -0.15) is 5.10 Å². The highest BCUT2D eigenvalue weighted by Crippen LogP contribution is 2.18. The van der Waals surface area contributed by atoms with Gasteiger partial charge in [0.1, 0.15) is 6.34 Å². The van der Waals surface area contributed by atoms with E-state index in [9.17, 15) is 4.79 Å². The Bertz CT molecular complexity index is 414. The normalized spacial score (nSPS) is 10.4. The molecule has 1 rings (SSSR count). The van der Waals surface area contributed by atoms with Gasteiger partial charge in [-0.15, -0.1) is 11.6 Å². The molecule has 0 radical (unpaired) electrons. The summed E-state index contributed by atoms with van der Waals surface area (Å²) in [4.78, 5) is 11.6. The third-order valence-corrected chi connectivity index (χ3v) is 2.47. The van der Waals surface area contributed by atoms with Crippen molar-refractivity contribution in [1.29, 1.82) is 0 Å². The number of amides is 2. The fourth-order valence-electron chi connectivity index (χ4n) is 1.40. The van der Waals surface area contributed by atoms with E-state index in [0.717, 1.165) is 16.8 Å². The lowest BCUT2D eigenvalue weighted by atomic mass is 10.1. The van der Waals surface area contributed by atoms with Gasteiger partial charge in [-0.3, -0.25) is 5.32 Å². The summed E-state index contributed by atoms with van der Waals surface area (Å²) >= 11 is 5.45. The largest absolute Gasteiger partial charge is 0.324 e. The van der Waals surface area contributed by atoms with Crippen LogP contribution in [0.25, 0.3) is 0 Å². The molecule has 0 spiro atoms. The zero-order valence-corrected chi connectivity index (χ0v) is 11.2. The van der Waals surface area contributed by atoms with Crippen molar-refractivity contribution < 1.29 is 4.79 Å². The van der Waals surface area contributed by atoms with Gasteiger partial charge in [0.05, 0.1) is 0 Å². The fourth-order valence-corrected chi connectivity index (χ4v) is 1.49. The number of hydrogen-bond donors (Lipinski definition) is 3. The number of urea groups is 1. The van der Waals surface area contributed by atoms with Crippen molar-refractivity contribution in [3.63, 3.8) is 0 Å². The van der Waals surface area contributed by atoms with Crippen LogP contribution in [0.2, 0.25) is 0 Å². The van der Waals surface area contributed by atoms with E-state index in [1.807, 2.05) is 32.0 Å². The summed E-state index contributed by atoms with van der Waals surface area (Å²) < 4.78 is 0. The highest BCUT2D eigenvalue weighted by Gasteiger charge is 2.05. The first-order chi connectivity index (χ1) is 8.65. The van der Waals surface area contributed by atoms with Gasteiger partial charge in [0.15, 0.2) is 0 Å². The first kappa shape index (κ1) is 14.3. The predicted octanol–water partition coefficient (Wildman–Crippen LogP) is 2.20. The number of hydrazone groups is 1. The van der Waals surface area contributed by atoms with Gasteiger partial charge in [-0.25, -0.2) is 4.79 Å². The smallest absolute Gasteiger partial charge is 0.307 e. The Morgan fingerprint density at radius 3 is 2.67 bits per heavy atom. The first-order valence-corrected chi connectivity index (χ1v) is 6.12. The third-order valence-electron chi connectivity index (χ3n) is 2.28. The number of nitrogens with one attached hydrogen (secondary N) is 3. The van der Waals surface area contributed by atoms with Crippen molar-refractivity contribution in [2.45, 2.75) is 13.8 Å². The molecule has 0 saturated carbocycles. The number of para-hydroxylation sites is 1. The summed E-state index contributed by atoms with van der Waals surface area (Å²) in [5, 5.41) is 9.03. The Labute approximate surface area is 112 Å². The first-order valence-electron chi connectivity index (χ1n) is 5.59. The molecule has 0 fully saturated rings. The number of carbonyl (C=O) groups excluding carboxylic acids is 1. The van der Waals surface area contributed by atoms with E-state index >= 15 is 0 Å². The molecule has 0 atom stereocenters. The summed E-state index contributed by atoms with van der Waals surface area (Å²) in [5.74, 6) is 0.464. The zero-order valence-electron chi connectivity index (χ0n) is 10.5. The summed E-state index contributed by atoms with van der Waals surface area (Å²) in [6.45, 7) is 4.44. The number of benzene rings is 1. The highest BCUT2D eigenvalue weighted by atomic mass is 35.5. The minimum absolute atomic E-state index is 0.330. The monoisotopic (exact) mass is 268 g/mol. The van der Waals surface area contributed by atoms with Crippen molar-refractivity contribution in [1.82, 2.24) is 10.7 Å². The highest BCUT2D eigenvalue weighted by molar-refractivity contribution is 6.18. The van der Waals surface area contributed by atoms with Gasteiger partial charge < -0.3 is 10.7 Å². The lowest BCUT2D eigenvalue weighted by Gasteiger charge is -2.10. The molecule has 5 nitrogen and oxygen atoms in total. The van der Waals surface area contributed by atoms with Crippen LogP contribution >= 0.6 is 11.6 Å². The van der Waals surface area contributed by atoms with Gasteiger partial charge in [-0.05, 0) is 25.0 Å². The Kier molecular flexibility index (Phi) is 6.00. The molecule has 0 saturated heterocycles. The minimum Gasteiger partial charge on any atom is -0.307 e. The number of carbonyl (C=O) groups is 1. The number of rotatable bonds is 5. The summed E-state index contributed by atoms with van der Waals surface area (Å²) in [5.41, 5.74) is 5.52. The second kappa shape index (κ2) is 7.55. The summed E-state index contributed by atoms with van der Waals surface area (Å²) in [6.07, 6.45) is 1.29. The van der Waals surface area contributed by atoms with Crippen LogP contribution in [-0.4, -0.2) is 24.8 Å². The Morgan fingerprint density at radius 2 is 2.06 bits per heavy atom. The molecule has 0 unspecified atom stereocenters. The molecule has 0 aliphatic carbocycles. The van der Waals surface area contributed by atoms with Crippen LogP contribution in [0, 0.1) is 13.8 Å². The molecule has 0 aromatic heterocycles. The number of nitrogens with zero attached hydrogens (tertiary/aromatic N) is 1. The van der Waals surface area contributed by atoms with Gasteiger partial charge in [0, 0.05) is 18.1 Å². The van der Waals surface area contributed by atoms with Crippen molar-refractivity contribution in [3.05, 3.63) is 29.3 Å². The Hall–Kier alpha value is -1.75. The molecule has 98 valence electrons. The lowest BCUT2D eigenvalue weighted by molar-refractivity contribution is 0.256. The lowest BCUT2D eigenvalue weighted by Crippen LogP contribution is -2.29. The van der Waals surface area contributed by atoms with Gasteiger partial charge in [0.2, 0.25) is 0 Å². The molecule has 18 heavy (non-hydrogen) atoms. The van der Waals surface area contributed by atoms with Crippen LogP contribution in [0.4, 0.5) is 10.5 Å². The van der Waals surface area contributed by atoms with Crippen LogP contribution in [0.1, 0.15) is 11.1 Å². The van der Waals surface area contributed by atoms with E-state index in [1.165, 1.54) is 6.34 Å². The van der Waals surface area contributed by atoms with Crippen LogP contribution in [-0.2, 0) is 0 Å². The molecule has 1 aromatic rings. The average Bonchev–Trinajstić information content (AvgIpc) is 2.34. The fraction of sp³-hybridized carbons (Fsp3) is 0.333. The molecule has 1 aromatic carbocycles. The minimum atomic E-state index is -0.330. The van der Waals surface area contributed by atoms with Gasteiger partial charge >= 0.3 is 6.03 Å². The second-order valence-electron chi connectivity index (χ2n) is 3.72. The van der Waals surface area contributed by atoms with Crippen LogP contribution in [0.5, 0.6) is 0 Å². The van der Waals surface area contributed by atoms with Crippen LogP contribution in [0.3, 0.4) is 0 Å². The second-order valence-corrected chi connectivity index (χ2v) is 4.10. The van der Waals surface area contributed by atoms with Crippen molar-refractivity contribution in [2.24, 2.45) is 5.10 Å². The van der Waals surface area contributed by atoms with Crippen LogP contribution in [0.15, 0.2) is 23.3 Å². The third kappa shape index (κ3) is 4.63. The molecule has 0 aliphatic heterocycles. The topological polar surface area (TPSA) is 65.5 Å². The summed E-state index contributed by atoms with van der Waals surface area (Å²) in [7, 11) is 0. The van der Waals surface area contributed by atoms with Crippen LogP contribution < -0.4 is 16.1 Å². The van der Waals surface area contributed by atoms with E-state index in [-0.39, 0.29) is 6.03 Å². The van der Waals surface area contributed by atoms with E-state index in [0.29, 0.717) is 12.4 Å².